The average molecular weight is 258 g/mol. The zero-order valence-corrected chi connectivity index (χ0v) is 10.3. The maximum absolute atomic E-state index is 13.1. The standard InChI is InChI=1S/C12H15FO3S/c1-2-17(15,16)12-10(7-14)11(12)8-4-3-5-9(13)6-8/h3-6,10-12,14H,2,7H2,1H3/t10-,11+,12+/m0/s1. The van der Waals surface area contributed by atoms with Crippen LogP contribution in [0.25, 0.3) is 0 Å². The van der Waals surface area contributed by atoms with Gasteiger partial charge in [0.05, 0.1) is 5.25 Å². The van der Waals surface area contributed by atoms with Gasteiger partial charge in [-0.2, -0.15) is 0 Å². The third-order valence-electron chi connectivity index (χ3n) is 3.36. The topological polar surface area (TPSA) is 54.4 Å². The lowest BCUT2D eigenvalue weighted by Crippen LogP contribution is -2.13. The Bertz CT molecular complexity index is 512. The zero-order chi connectivity index (χ0) is 12.6. The van der Waals surface area contributed by atoms with Crippen molar-refractivity contribution in [2.24, 2.45) is 5.92 Å². The Labute approximate surface area is 100 Å². The monoisotopic (exact) mass is 258 g/mol. The highest BCUT2D eigenvalue weighted by Crippen LogP contribution is 2.52. The van der Waals surface area contributed by atoms with Crippen LogP contribution in [0.1, 0.15) is 18.4 Å². The molecule has 0 aliphatic heterocycles. The van der Waals surface area contributed by atoms with E-state index >= 15 is 0 Å². The normalized spacial score (nSPS) is 28.1. The molecule has 17 heavy (non-hydrogen) atoms. The third-order valence-corrected chi connectivity index (χ3v) is 5.63. The third kappa shape index (κ3) is 2.21. The van der Waals surface area contributed by atoms with Gasteiger partial charge in [0, 0.05) is 24.2 Å². The van der Waals surface area contributed by atoms with Crippen molar-refractivity contribution in [3.8, 4) is 0 Å². The van der Waals surface area contributed by atoms with Crippen molar-refractivity contribution in [2.75, 3.05) is 12.4 Å². The molecule has 2 rings (SSSR count). The van der Waals surface area contributed by atoms with Crippen LogP contribution >= 0.6 is 0 Å². The molecule has 1 saturated carbocycles. The minimum atomic E-state index is -3.18. The Morgan fingerprint density at radius 3 is 2.65 bits per heavy atom. The van der Waals surface area contributed by atoms with Gasteiger partial charge in [-0.25, -0.2) is 12.8 Å². The van der Waals surface area contributed by atoms with Gasteiger partial charge < -0.3 is 5.11 Å². The number of sulfone groups is 1. The summed E-state index contributed by atoms with van der Waals surface area (Å²) in [6.45, 7) is 1.41. The van der Waals surface area contributed by atoms with E-state index in [1.807, 2.05) is 0 Å². The molecule has 0 aromatic heterocycles. The fourth-order valence-corrected chi connectivity index (χ4v) is 4.28. The van der Waals surface area contributed by atoms with Crippen LogP contribution in [0.15, 0.2) is 24.3 Å². The summed E-state index contributed by atoms with van der Waals surface area (Å²) < 4.78 is 36.7. The molecule has 1 aromatic carbocycles. The van der Waals surface area contributed by atoms with Gasteiger partial charge in [-0.05, 0) is 17.7 Å². The van der Waals surface area contributed by atoms with Crippen LogP contribution in [-0.2, 0) is 9.84 Å². The van der Waals surface area contributed by atoms with E-state index in [1.54, 1.807) is 19.1 Å². The summed E-state index contributed by atoms with van der Waals surface area (Å²) in [5.74, 6) is -0.874. The van der Waals surface area contributed by atoms with Crippen LogP contribution in [0, 0.1) is 11.7 Å². The van der Waals surface area contributed by atoms with Crippen molar-refractivity contribution in [2.45, 2.75) is 18.1 Å². The predicted octanol–water partition coefficient (Wildman–Crippen LogP) is 1.33. The largest absolute Gasteiger partial charge is 0.396 e. The molecule has 1 fully saturated rings. The molecule has 0 heterocycles. The lowest BCUT2D eigenvalue weighted by molar-refractivity contribution is 0.274. The van der Waals surface area contributed by atoms with Crippen molar-refractivity contribution in [3.63, 3.8) is 0 Å². The van der Waals surface area contributed by atoms with Crippen LogP contribution in [0.2, 0.25) is 0 Å². The number of aliphatic hydroxyl groups is 1. The van der Waals surface area contributed by atoms with Crippen LogP contribution < -0.4 is 0 Å². The maximum Gasteiger partial charge on any atom is 0.153 e. The van der Waals surface area contributed by atoms with Crippen LogP contribution in [-0.4, -0.2) is 31.1 Å². The van der Waals surface area contributed by atoms with E-state index in [4.69, 9.17) is 0 Å². The molecule has 1 aliphatic rings. The van der Waals surface area contributed by atoms with Gasteiger partial charge in [-0.15, -0.1) is 0 Å². The summed E-state index contributed by atoms with van der Waals surface area (Å²) in [4.78, 5) is 0. The first kappa shape index (κ1) is 12.5. The van der Waals surface area contributed by atoms with Gasteiger partial charge in [-0.3, -0.25) is 0 Å². The average Bonchev–Trinajstić information content (AvgIpc) is 3.04. The summed E-state index contributed by atoms with van der Waals surface area (Å²) >= 11 is 0. The van der Waals surface area contributed by atoms with Crippen LogP contribution in [0.4, 0.5) is 4.39 Å². The second-order valence-corrected chi connectivity index (χ2v) is 6.79. The smallest absolute Gasteiger partial charge is 0.153 e. The first-order chi connectivity index (χ1) is 8.01. The predicted molar refractivity (Wildman–Crippen MR) is 63.0 cm³/mol. The molecule has 0 bridgehead atoms. The number of halogens is 1. The SMILES string of the molecule is CCS(=O)(=O)[C@@H]1[C@@H](CO)[C@H]1c1cccc(F)c1. The van der Waals surface area contributed by atoms with E-state index in [2.05, 4.69) is 0 Å². The summed E-state index contributed by atoms with van der Waals surface area (Å²) in [6.07, 6.45) is 0. The molecule has 1 aliphatic carbocycles. The number of rotatable bonds is 4. The van der Waals surface area contributed by atoms with Crippen molar-refractivity contribution < 1.29 is 17.9 Å². The fourth-order valence-electron chi connectivity index (χ4n) is 2.39. The minimum Gasteiger partial charge on any atom is -0.396 e. The lowest BCUT2D eigenvalue weighted by atomic mass is 10.1. The summed E-state index contributed by atoms with van der Waals surface area (Å²) in [7, 11) is -3.18. The molecule has 5 heteroatoms. The number of hydrogen-bond acceptors (Lipinski definition) is 3. The first-order valence-electron chi connectivity index (χ1n) is 5.59. The van der Waals surface area contributed by atoms with Gasteiger partial charge in [0.25, 0.3) is 0 Å². The summed E-state index contributed by atoms with van der Waals surface area (Å²) in [5, 5.41) is 8.62. The van der Waals surface area contributed by atoms with Gasteiger partial charge in [0.1, 0.15) is 5.82 Å². The molecular formula is C12H15FO3S. The molecular weight excluding hydrogens is 243 g/mol. The molecule has 0 radical (unpaired) electrons. The second-order valence-electron chi connectivity index (χ2n) is 4.34. The van der Waals surface area contributed by atoms with Crippen molar-refractivity contribution in [1.29, 1.82) is 0 Å². The Morgan fingerprint density at radius 2 is 2.12 bits per heavy atom. The quantitative estimate of drug-likeness (QED) is 0.886. The first-order valence-corrected chi connectivity index (χ1v) is 7.30. The molecule has 0 spiro atoms. The van der Waals surface area contributed by atoms with Gasteiger partial charge in [-0.1, -0.05) is 19.1 Å². The van der Waals surface area contributed by atoms with E-state index < -0.39 is 15.1 Å². The summed E-state index contributed by atoms with van der Waals surface area (Å²) in [6, 6.07) is 5.94. The Kier molecular flexibility index (Phi) is 3.23. The van der Waals surface area contributed by atoms with E-state index in [-0.39, 0.29) is 30.0 Å². The Morgan fingerprint density at radius 1 is 1.41 bits per heavy atom. The van der Waals surface area contributed by atoms with E-state index in [0.29, 0.717) is 5.56 Å². The highest BCUT2D eigenvalue weighted by molar-refractivity contribution is 7.92. The molecule has 0 saturated heterocycles. The number of hydrogen-bond donors (Lipinski definition) is 1. The molecule has 1 N–H and O–H groups in total. The van der Waals surface area contributed by atoms with Gasteiger partial charge in [0.2, 0.25) is 0 Å². The number of benzene rings is 1. The molecule has 1 aromatic rings. The molecule has 94 valence electrons. The maximum atomic E-state index is 13.1. The molecule has 0 unspecified atom stereocenters. The molecule has 3 nitrogen and oxygen atoms in total. The van der Waals surface area contributed by atoms with E-state index in [1.165, 1.54) is 12.1 Å². The van der Waals surface area contributed by atoms with Crippen molar-refractivity contribution in [1.82, 2.24) is 0 Å². The van der Waals surface area contributed by atoms with Crippen LogP contribution in [0.3, 0.4) is 0 Å². The summed E-state index contributed by atoms with van der Waals surface area (Å²) in [5.41, 5.74) is 0.658. The lowest BCUT2D eigenvalue weighted by Gasteiger charge is -2.00. The van der Waals surface area contributed by atoms with Crippen LogP contribution in [0.5, 0.6) is 0 Å². The molecule has 3 atom stereocenters. The number of aliphatic hydroxyl groups excluding tert-OH is 1. The molecule has 0 amide bonds. The minimum absolute atomic E-state index is 0.0555. The highest BCUT2D eigenvalue weighted by atomic mass is 32.2. The van der Waals surface area contributed by atoms with E-state index in [0.717, 1.165) is 0 Å². The van der Waals surface area contributed by atoms with Gasteiger partial charge in [0.15, 0.2) is 9.84 Å². The van der Waals surface area contributed by atoms with Crippen molar-refractivity contribution in [3.05, 3.63) is 35.6 Å². The van der Waals surface area contributed by atoms with Crippen molar-refractivity contribution >= 4 is 9.84 Å². The second kappa shape index (κ2) is 4.38. The fraction of sp³-hybridized carbons (Fsp3) is 0.500. The van der Waals surface area contributed by atoms with E-state index in [9.17, 15) is 17.9 Å². The Balaban J connectivity index is 2.29. The zero-order valence-electron chi connectivity index (χ0n) is 9.51. The van der Waals surface area contributed by atoms with Gasteiger partial charge >= 0.3 is 0 Å². The highest BCUT2D eigenvalue weighted by Gasteiger charge is 2.57. The Hall–Kier alpha value is -0.940.